The number of aromatic nitrogens is 2. The third kappa shape index (κ3) is 3.85. The number of rotatable bonds is 5. The summed E-state index contributed by atoms with van der Waals surface area (Å²) in [6, 6.07) is 9.45. The summed E-state index contributed by atoms with van der Waals surface area (Å²) in [7, 11) is 0. The quantitative estimate of drug-likeness (QED) is 0.661. The van der Waals surface area contributed by atoms with Gasteiger partial charge in [0.05, 0.1) is 11.3 Å². The molecular weight excluding hydrogens is 294 g/mol. The van der Waals surface area contributed by atoms with E-state index in [0.29, 0.717) is 11.4 Å². The molecule has 0 atom stereocenters. The zero-order valence-corrected chi connectivity index (χ0v) is 14.2. The molecule has 2 rings (SSSR count). The van der Waals surface area contributed by atoms with Gasteiger partial charge in [-0.15, -0.1) is 11.8 Å². The number of thioether (sulfide) groups is 1. The average Bonchev–Trinajstić information content (AvgIpc) is 2.47. The normalized spacial score (nSPS) is 10.8. The van der Waals surface area contributed by atoms with Crippen LogP contribution in [0.25, 0.3) is 0 Å². The molecule has 2 aromatic rings. The molecule has 0 unspecified atom stereocenters. The molecule has 1 amide bonds. The second-order valence-corrected chi connectivity index (χ2v) is 6.50. The largest absolute Gasteiger partial charge is 0.322 e. The standard InChI is InChI=1S/C17H21N3OS/c1-5-22-17-14(15(11(2)3)18-12(4)19-17)16(21)20-13-9-7-6-8-10-13/h6-11H,5H2,1-4H3,(H,20,21). The minimum Gasteiger partial charge on any atom is -0.322 e. The Morgan fingerprint density at radius 2 is 1.91 bits per heavy atom. The van der Waals surface area contributed by atoms with Crippen molar-refractivity contribution in [2.24, 2.45) is 0 Å². The number of amides is 1. The molecule has 0 bridgehead atoms. The van der Waals surface area contributed by atoms with Crippen molar-refractivity contribution in [3.05, 3.63) is 47.4 Å². The summed E-state index contributed by atoms with van der Waals surface area (Å²) in [5.74, 6) is 1.58. The fraction of sp³-hybridized carbons (Fsp3) is 0.353. The molecule has 0 spiro atoms. The molecule has 0 fully saturated rings. The number of hydrogen-bond acceptors (Lipinski definition) is 4. The van der Waals surface area contributed by atoms with E-state index in [1.54, 1.807) is 11.8 Å². The summed E-state index contributed by atoms with van der Waals surface area (Å²) >= 11 is 1.57. The fourth-order valence-corrected chi connectivity index (χ4v) is 2.97. The molecular formula is C17H21N3OS. The van der Waals surface area contributed by atoms with Gasteiger partial charge in [0.15, 0.2) is 0 Å². The maximum absolute atomic E-state index is 12.7. The van der Waals surface area contributed by atoms with Crippen LogP contribution in [-0.2, 0) is 0 Å². The van der Waals surface area contributed by atoms with Crippen molar-refractivity contribution in [3.63, 3.8) is 0 Å². The molecule has 0 aliphatic rings. The highest BCUT2D eigenvalue weighted by Gasteiger charge is 2.22. The summed E-state index contributed by atoms with van der Waals surface area (Å²) in [4.78, 5) is 21.7. The van der Waals surface area contributed by atoms with Crippen LogP contribution < -0.4 is 5.32 Å². The Morgan fingerprint density at radius 3 is 2.50 bits per heavy atom. The molecule has 0 radical (unpaired) electrons. The van der Waals surface area contributed by atoms with Crippen LogP contribution >= 0.6 is 11.8 Å². The topological polar surface area (TPSA) is 54.9 Å². The van der Waals surface area contributed by atoms with Gasteiger partial charge in [0.1, 0.15) is 10.9 Å². The highest BCUT2D eigenvalue weighted by atomic mass is 32.2. The molecule has 0 aliphatic carbocycles. The zero-order chi connectivity index (χ0) is 16.1. The van der Waals surface area contributed by atoms with Crippen LogP contribution in [0.5, 0.6) is 0 Å². The first kappa shape index (κ1) is 16.5. The highest BCUT2D eigenvalue weighted by Crippen LogP contribution is 2.27. The first-order valence-electron chi connectivity index (χ1n) is 7.40. The molecule has 1 aromatic heterocycles. The summed E-state index contributed by atoms with van der Waals surface area (Å²) in [5.41, 5.74) is 2.17. The number of aryl methyl sites for hydroxylation is 1. The lowest BCUT2D eigenvalue weighted by Crippen LogP contribution is -2.19. The van der Waals surface area contributed by atoms with Crippen molar-refractivity contribution in [3.8, 4) is 0 Å². The van der Waals surface area contributed by atoms with Crippen molar-refractivity contribution >= 4 is 23.4 Å². The molecule has 5 heteroatoms. The van der Waals surface area contributed by atoms with E-state index >= 15 is 0 Å². The van der Waals surface area contributed by atoms with E-state index in [1.807, 2.05) is 51.1 Å². The van der Waals surface area contributed by atoms with Crippen molar-refractivity contribution in [2.45, 2.75) is 38.6 Å². The second-order valence-electron chi connectivity index (χ2n) is 5.24. The summed E-state index contributed by atoms with van der Waals surface area (Å²) in [6.45, 7) is 8.00. The van der Waals surface area contributed by atoms with Crippen LogP contribution in [-0.4, -0.2) is 21.6 Å². The van der Waals surface area contributed by atoms with Gasteiger partial charge >= 0.3 is 0 Å². The Hall–Kier alpha value is -1.88. The van der Waals surface area contributed by atoms with E-state index in [-0.39, 0.29) is 11.8 Å². The van der Waals surface area contributed by atoms with Crippen molar-refractivity contribution < 1.29 is 4.79 Å². The first-order valence-corrected chi connectivity index (χ1v) is 8.39. The lowest BCUT2D eigenvalue weighted by Gasteiger charge is -2.16. The Balaban J connectivity index is 2.44. The van der Waals surface area contributed by atoms with E-state index in [2.05, 4.69) is 22.2 Å². The van der Waals surface area contributed by atoms with Gasteiger partial charge in [-0.2, -0.15) is 0 Å². The Kier molecular flexibility index (Phi) is 5.55. The van der Waals surface area contributed by atoms with Crippen molar-refractivity contribution in [1.29, 1.82) is 0 Å². The van der Waals surface area contributed by atoms with E-state index in [0.717, 1.165) is 22.2 Å². The molecule has 1 N–H and O–H groups in total. The Bertz CT molecular complexity index is 656. The lowest BCUT2D eigenvalue weighted by molar-refractivity contribution is 0.102. The molecule has 4 nitrogen and oxygen atoms in total. The molecule has 0 aliphatic heterocycles. The molecule has 116 valence electrons. The van der Waals surface area contributed by atoms with Gasteiger partial charge in [0.2, 0.25) is 0 Å². The number of benzene rings is 1. The molecule has 1 heterocycles. The summed E-state index contributed by atoms with van der Waals surface area (Å²) in [5, 5.41) is 3.70. The van der Waals surface area contributed by atoms with Crippen LogP contribution in [0, 0.1) is 6.92 Å². The van der Waals surface area contributed by atoms with Gasteiger partial charge in [0, 0.05) is 5.69 Å². The number of nitrogens with zero attached hydrogens (tertiary/aromatic N) is 2. The minimum atomic E-state index is -0.147. The SMILES string of the molecule is CCSc1nc(C)nc(C(C)C)c1C(=O)Nc1ccccc1. The number of carbonyl (C=O) groups excluding carboxylic acids is 1. The third-order valence-electron chi connectivity index (χ3n) is 3.10. The predicted octanol–water partition coefficient (Wildman–Crippen LogP) is 4.27. The lowest BCUT2D eigenvalue weighted by atomic mass is 10.0. The van der Waals surface area contributed by atoms with Crippen LogP contribution in [0.4, 0.5) is 5.69 Å². The molecule has 0 saturated heterocycles. The average molecular weight is 315 g/mol. The van der Waals surface area contributed by atoms with Gasteiger partial charge in [-0.3, -0.25) is 4.79 Å². The third-order valence-corrected chi connectivity index (χ3v) is 3.96. The molecule has 1 aromatic carbocycles. The van der Waals surface area contributed by atoms with Crippen molar-refractivity contribution in [2.75, 3.05) is 11.1 Å². The van der Waals surface area contributed by atoms with Crippen molar-refractivity contribution in [1.82, 2.24) is 9.97 Å². The summed E-state index contributed by atoms with van der Waals surface area (Å²) < 4.78 is 0. The zero-order valence-electron chi connectivity index (χ0n) is 13.4. The van der Waals surface area contributed by atoms with Crippen LogP contribution in [0.2, 0.25) is 0 Å². The van der Waals surface area contributed by atoms with E-state index < -0.39 is 0 Å². The number of anilines is 1. The number of nitrogens with one attached hydrogen (secondary N) is 1. The predicted molar refractivity (Wildman–Crippen MR) is 91.7 cm³/mol. The molecule has 22 heavy (non-hydrogen) atoms. The van der Waals surface area contributed by atoms with E-state index in [1.165, 1.54) is 0 Å². The van der Waals surface area contributed by atoms with E-state index in [4.69, 9.17) is 0 Å². The van der Waals surface area contributed by atoms with Gasteiger partial charge in [0.25, 0.3) is 5.91 Å². The van der Waals surface area contributed by atoms with Gasteiger partial charge in [-0.05, 0) is 30.7 Å². The van der Waals surface area contributed by atoms with Gasteiger partial charge < -0.3 is 5.32 Å². The maximum Gasteiger partial charge on any atom is 0.260 e. The van der Waals surface area contributed by atoms with E-state index in [9.17, 15) is 4.79 Å². The maximum atomic E-state index is 12.7. The van der Waals surface area contributed by atoms with Gasteiger partial charge in [-0.25, -0.2) is 9.97 Å². The van der Waals surface area contributed by atoms with Gasteiger partial charge in [-0.1, -0.05) is 39.0 Å². The second kappa shape index (κ2) is 7.40. The smallest absolute Gasteiger partial charge is 0.260 e. The minimum absolute atomic E-state index is 0.147. The van der Waals surface area contributed by atoms with Crippen LogP contribution in [0.1, 0.15) is 48.6 Å². The number of para-hydroxylation sites is 1. The first-order chi connectivity index (χ1) is 10.5. The fourth-order valence-electron chi connectivity index (χ4n) is 2.16. The highest BCUT2D eigenvalue weighted by molar-refractivity contribution is 7.99. The number of hydrogen-bond donors (Lipinski definition) is 1. The summed E-state index contributed by atoms with van der Waals surface area (Å²) in [6.07, 6.45) is 0. The Morgan fingerprint density at radius 1 is 1.23 bits per heavy atom. The van der Waals surface area contributed by atoms with Crippen LogP contribution in [0.3, 0.4) is 0 Å². The monoisotopic (exact) mass is 315 g/mol. The number of carbonyl (C=O) groups is 1. The Labute approximate surface area is 135 Å². The van der Waals surface area contributed by atoms with Crippen LogP contribution in [0.15, 0.2) is 35.4 Å². The molecule has 0 saturated carbocycles.